The van der Waals surface area contributed by atoms with Crippen molar-refractivity contribution in [3.63, 3.8) is 0 Å². The molecule has 1 heterocycles. The van der Waals surface area contributed by atoms with Crippen molar-refractivity contribution >= 4 is 11.9 Å². The summed E-state index contributed by atoms with van der Waals surface area (Å²) in [5.74, 6) is -0.275. The largest absolute Gasteiger partial charge is 0.469 e. The number of methoxy groups -OCH3 is 2. The first-order chi connectivity index (χ1) is 12.1. The predicted molar refractivity (Wildman–Crippen MR) is 97.5 cm³/mol. The van der Waals surface area contributed by atoms with Gasteiger partial charge in [0.15, 0.2) is 0 Å². The molecule has 1 saturated heterocycles. The lowest BCUT2D eigenvalue weighted by molar-refractivity contribution is -0.141. The molecule has 25 heavy (non-hydrogen) atoms. The molecule has 1 rings (SSSR count). The number of nitrogens with zero attached hydrogens (tertiary/aromatic N) is 2. The third-order valence-corrected chi connectivity index (χ3v) is 4.74. The molecular formula is C18H35N3O4. The standard InChI is InChI=1S/C18H35N3O4/c1-16-15-20(12-10-19-9-8-18(23)25-3)13-14-21(16)11-6-4-5-7-17(22)24-2/h16,19H,4-15H2,1-3H3/t16-/m0/s1. The monoisotopic (exact) mass is 357 g/mol. The van der Waals surface area contributed by atoms with Gasteiger partial charge in [-0.1, -0.05) is 6.42 Å². The van der Waals surface area contributed by atoms with E-state index in [-0.39, 0.29) is 11.9 Å². The lowest BCUT2D eigenvalue weighted by atomic mass is 10.1. The highest BCUT2D eigenvalue weighted by Gasteiger charge is 2.22. The van der Waals surface area contributed by atoms with Crippen LogP contribution in [0.1, 0.15) is 39.0 Å². The fourth-order valence-electron chi connectivity index (χ4n) is 3.12. The number of ether oxygens (including phenoxy) is 2. The second-order valence-electron chi connectivity index (χ2n) is 6.65. The van der Waals surface area contributed by atoms with Gasteiger partial charge in [0.05, 0.1) is 20.6 Å². The van der Waals surface area contributed by atoms with E-state index < -0.39 is 0 Å². The van der Waals surface area contributed by atoms with E-state index in [4.69, 9.17) is 0 Å². The molecule has 1 fully saturated rings. The highest BCUT2D eigenvalue weighted by Crippen LogP contribution is 2.11. The summed E-state index contributed by atoms with van der Waals surface area (Å²) in [5.41, 5.74) is 0. The van der Waals surface area contributed by atoms with Gasteiger partial charge >= 0.3 is 11.9 Å². The number of carbonyl (C=O) groups is 2. The van der Waals surface area contributed by atoms with Crippen LogP contribution in [0.5, 0.6) is 0 Å². The molecule has 0 saturated carbocycles. The quantitative estimate of drug-likeness (QED) is 0.411. The van der Waals surface area contributed by atoms with Crippen LogP contribution in [0.15, 0.2) is 0 Å². The van der Waals surface area contributed by atoms with Crippen molar-refractivity contribution in [1.82, 2.24) is 15.1 Å². The summed E-state index contributed by atoms with van der Waals surface area (Å²) < 4.78 is 9.28. The molecule has 1 aliphatic heterocycles. The van der Waals surface area contributed by atoms with E-state index in [9.17, 15) is 9.59 Å². The highest BCUT2D eigenvalue weighted by atomic mass is 16.5. The first kappa shape index (κ1) is 21.9. The Balaban J connectivity index is 2.05. The van der Waals surface area contributed by atoms with Gasteiger partial charge in [0, 0.05) is 51.7 Å². The zero-order chi connectivity index (χ0) is 18.5. The van der Waals surface area contributed by atoms with Crippen molar-refractivity contribution in [2.24, 2.45) is 0 Å². The van der Waals surface area contributed by atoms with Gasteiger partial charge in [0.25, 0.3) is 0 Å². The van der Waals surface area contributed by atoms with Crippen LogP contribution in [0.25, 0.3) is 0 Å². The average molecular weight is 357 g/mol. The normalized spacial score (nSPS) is 18.9. The third-order valence-electron chi connectivity index (χ3n) is 4.74. The predicted octanol–water partition coefficient (Wildman–Crippen LogP) is 0.879. The molecule has 0 aromatic carbocycles. The zero-order valence-electron chi connectivity index (χ0n) is 16.1. The minimum absolute atomic E-state index is 0.109. The Hall–Kier alpha value is -1.18. The van der Waals surface area contributed by atoms with Crippen molar-refractivity contribution in [3.05, 3.63) is 0 Å². The van der Waals surface area contributed by atoms with Gasteiger partial charge in [-0.25, -0.2) is 0 Å². The number of unbranched alkanes of at least 4 members (excludes halogenated alkanes) is 2. The van der Waals surface area contributed by atoms with Crippen LogP contribution in [0.2, 0.25) is 0 Å². The van der Waals surface area contributed by atoms with Crippen molar-refractivity contribution < 1.29 is 19.1 Å². The number of piperazine rings is 1. The second-order valence-corrected chi connectivity index (χ2v) is 6.65. The molecule has 0 amide bonds. The molecule has 0 aliphatic carbocycles. The van der Waals surface area contributed by atoms with E-state index in [1.807, 2.05) is 0 Å². The van der Waals surface area contributed by atoms with E-state index in [0.29, 0.717) is 25.4 Å². The number of esters is 2. The Labute approximate surface area is 152 Å². The maximum Gasteiger partial charge on any atom is 0.306 e. The number of carbonyl (C=O) groups excluding carboxylic acids is 2. The molecule has 0 aromatic heterocycles. The van der Waals surface area contributed by atoms with Gasteiger partial charge in [-0.15, -0.1) is 0 Å². The summed E-state index contributed by atoms with van der Waals surface area (Å²) in [6.07, 6.45) is 4.08. The van der Waals surface area contributed by atoms with Crippen LogP contribution in [0, 0.1) is 0 Å². The van der Waals surface area contributed by atoms with Crippen molar-refractivity contribution in [1.29, 1.82) is 0 Å². The van der Waals surface area contributed by atoms with Gasteiger partial charge in [-0.3, -0.25) is 19.4 Å². The maximum atomic E-state index is 11.1. The summed E-state index contributed by atoms with van der Waals surface area (Å²) >= 11 is 0. The van der Waals surface area contributed by atoms with E-state index in [1.54, 1.807) is 0 Å². The average Bonchev–Trinajstić information content (AvgIpc) is 2.62. The lowest BCUT2D eigenvalue weighted by Crippen LogP contribution is -2.53. The summed E-state index contributed by atoms with van der Waals surface area (Å²) in [6, 6.07) is 0.560. The summed E-state index contributed by atoms with van der Waals surface area (Å²) in [7, 11) is 2.86. The Morgan fingerprint density at radius 3 is 2.36 bits per heavy atom. The Bertz CT molecular complexity index is 393. The molecule has 1 N–H and O–H groups in total. The smallest absolute Gasteiger partial charge is 0.306 e. The molecule has 0 bridgehead atoms. The Kier molecular flexibility index (Phi) is 11.4. The molecule has 7 nitrogen and oxygen atoms in total. The van der Waals surface area contributed by atoms with Gasteiger partial charge in [-0.2, -0.15) is 0 Å². The molecule has 1 aliphatic rings. The molecule has 0 spiro atoms. The third kappa shape index (κ3) is 9.77. The van der Waals surface area contributed by atoms with Crippen LogP contribution >= 0.6 is 0 Å². The molecule has 146 valence electrons. The molecule has 1 atom stereocenters. The van der Waals surface area contributed by atoms with Gasteiger partial charge in [0.2, 0.25) is 0 Å². The summed E-state index contributed by atoms with van der Waals surface area (Å²) in [6.45, 7) is 9.24. The number of hydrogen-bond donors (Lipinski definition) is 1. The number of nitrogens with one attached hydrogen (secondary N) is 1. The topological polar surface area (TPSA) is 71.1 Å². The highest BCUT2D eigenvalue weighted by molar-refractivity contribution is 5.69. The van der Waals surface area contributed by atoms with E-state index in [0.717, 1.165) is 58.5 Å². The van der Waals surface area contributed by atoms with E-state index >= 15 is 0 Å². The molecule has 7 heteroatoms. The fourth-order valence-corrected chi connectivity index (χ4v) is 3.12. The summed E-state index contributed by atoms with van der Waals surface area (Å²) in [5, 5.41) is 3.29. The van der Waals surface area contributed by atoms with E-state index in [2.05, 4.69) is 31.5 Å². The van der Waals surface area contributed by atoms with E-state index in [1.165, 1.54) is 14.2 Å². The Morgan fingerprint density at radius 2 is 1.68 bits per heavy atom. The second kappa shape index (κ2) is 13.1. The molecule has 0 radical (unpaired) electrons. The SMILES string of the molecule is COC(=O)CCCCCN1CCN(CCNCCC(=O)OC)C[C@@H]1C. The van der Waals surface area contributed by atoms with Crippen molar-refractivity contribution in [3.8, 4) is 0 Å². The van der Waals surface area contributed by atoms with Gasteiger partial charge < -0.3 is 14.8 Å². The molecule has 0 aromatic rings. The minimum atomic E-state index is -0.165. The fraction of sp³-hybridized carbons (Fsp3) is 0.889. The first-order valence-electron chi connectivity index (χ1n) is 9.37. The molecule has 0 unspecified atom stereocenters. The zero-order valence-corrected chi connectivity index (χ0v) is 16.1. The van der Waals surface area contributed by atoms with Crippen LogP contribution in [0.4, 0.5) is 0 Å². The number of hydrogen-bond acceptors (Lipinski definition) is 7. The minimum Gasteiger partial charge on any atom is -0.469 e. The maximum absolute atomic E-state index is 11.1. The van der Waals surface area contributed by atoms with Crippen LogP contribution < -0.4 is 5.32 Å². The molecular weight excluding hydrogens is 322 g/mol. The van der Waals surface area contributed by atoms with Crippen molar-refractivity contribution in [2.45, 2.75) is 45.1 Å². The first-order valence-corrected chi connectivity index (χ1v) is 9.37. The Morgan fingerprint density at radius 1 is 0.960 bits per heavy atom. The number of rotatable bonds is 12. The van der Waals surface area contributed by atoms with Gasteiger partial charge in [-0.05, 0) is 26.3 Å². The van der Waals surface area contributed by atoms with Crippen molar-refractivity contribution in [2.75, 3.05) is 60.0 Å². The summed E-state index contributed by atoms with van der Waals surface area (Å²) in [4.78, 5) is 27.1. The van der Waals surface area contributed by atoms with Gasteiger partial charge in [0.1, 0.15) is 0 Å². The van der Waals surface area contributed by atoms with Crippen LogP contribution in [0.3, 0.4) is 0 Å². The van der Waals surface area contributed by atoms with Crippen LogP contribution in [-0.4, -0.2) is 87.8 Å². The lowest BCUT2D eigenvalue weighted by Gasteiger charge is -2.40. The van der Waals surface area contributed by atoms with Crippen LogP contribution in [-0.2, 0) is 19.1 Å².